The van der Waals surface area contributed by atoms with Crippen molar-refractivity contribution in [3.8, 4) is 23.8 Å². The van der Waals surface area contributed by atoms with Crippen LogP contribution in [0.25, 0.3) is 6.08 Å². The van der Waals surface area contributed by atoms with E-state index in [1.165, 1.54) is 7.11 Å². The van der Waals surface area contributed by atoms with Crippen LogP contribution in [0.1, 0.15) is 11.1 Å². The van der Waals surface area contributed by atoms with Crippen molar-refractivity contribution >= 4 is 29.6 Å². The summed E-state index contributed by atoms with van der Waals surface area (Å²) in [5.41, 5.74) is 1.64. The average molecular weight is 397 g/mol. The molecule has 2 aromatic carbocycles. The zero-order valence-electron chi connectivity index (χ0n) is 15.1. The largest absolute Gasteiger partial charge is 0.493 e. The van der Waals surface area contributed by atoms with Gasteiger partial charge in [-0.25, -0.2) is 4.79 Å². The lowest BCUT2D eigenvalue weighted by atomic mass is 10.1. The first kappa shape index (κ1) is 19.3. The number of halogens is 1. The second kappa shape index (κ2) is 8.51. The van der Waals surface area contributed by atoms with Crippen LogP contribution in [0.3, 0.4) is 0 Å². The summed E-state index contributed by atoms with van der Waals surface area (Å²) in [6.07, 6.45) is 6.78. The zero-order chi connectivity index (χ0) is 20.1. The van der Waals surface area contributed by atoms with Gasteiger partial charge in [-0.1, -0.05) is 35.7 Å². The molecule has 3 rings (SSSR count). The van der Waals surface area contributed by atoms with E-state index in [0.717, 1.165) is 10.5 Å². The Kier molecular flexibility index (Phi) is 5.87. The highest BCUT2D eigenvalue weighted by Gasteiger charge is 2.33. The number of hydrogen-bond donors (Lipinski definition) is 1. The number of ether oxygens (including phenoxy) is 2. The number of nitrogens with one attached hydrogen (secondary N) is 1. The second-order valence-corrected chi connectivity index (χ2v) is 6.35. The molecule has 0 atom stereocenters. The molecule has 1 heterocycles. The predicted octanol–water partition coefficient (Wildman–Crippen LogP) is 3.45. The average Bonchev–Trinajstić information content (AvgIpc) is 2.95. The molecule has 28 heavy (non-hydrogen) atoms. The minimum Gasteiger partial charge on any atom is -0.493 e. The second-order valence-electron chi connectivity index (χ2n) is 5.91. The van der Waals surface area contributed by atoms with Crippen LogP contribution in [0, 0.1) is 12.3 Å². The molecular formula is C21H17ClN2O4. The Morgan fingerprint density at radius 1 is 1.18 bits per heavy atom. The number of hydrogen-bond acceptors (Lipinski definition) is 4. The molecule has 1 saturated heterocycles. The molecule has 1 fully saturated rings. The molecule has 2 aromatic rings. The standard InChI is InChI=1S/C21H17ClN2O4/c1-3-10-28-18-9-6-15(12-19(18)27-2)11-17-20(25)24(21(26)23-17)13-14-4-7-16(22)8-5-14/h1,4-9,11-12H,10,13H2,2H3,(H,23,26). The summed E-state index contributed by atoms with van der Waals surface area (Å²) in [4.78, 5) is 26.0. The van der Waals surface area contributed by atoms with E-state index in [-0.39, 0.29) is 18.8 Å². The monoisotopic (exact) mass is 396 g/mol. The SMILES string of the molecule is C#CCOc1ccc(C=C2NC(=O)N(Cc3ccc(Cl)cc3)C2=O)cc1OC. The number of terminal acetylenes is 1. The number of carbonyl (C=O) groups excluding carboxylic acids is 2. The molecule has 0 aliphatic carbocycles. The van der Waals surface area contributed by atoms with Crippen molar-refractivity contribution in [2.24, 2.45) is 0 Å². The fourth-order valence-corrected chi connectivity index (χ4v) is 2.79. The lowest BCUT2D eigenvalue weighted by Gasteiger charge is -2.11. The number of carbonyl (C=O) groups is 2. The highest BCUT2D eigenvalue weighted by Crippen LogP contribution is 2.29. The van der Waals surface area contributed by atoms with Crippen molar-refractivity contribution in [1.29, 1.82) is 0 Å². The highest BCUT2D eigenvalue weighted by molar-refractivity contribution is 6.30. The van der Waals surface area contributed by atoms with Gasteiger partial charge in [-0.05, 0) is 41.5 Å². The van der Waals surface area contributed by atoms with Crippen molar-refractivity contribution < 1.29 is 19.1 Å². The Hall–Kier alpha value is -3.43. The maximum absolute atomic E-state index is 12.6. The van der Waals surface area contributed by atoms with E-state index in [9.17, 15) is 9.59 Å². The van der Waals surface area contributed by atoms with Gasteiger partial charge in [0, 0.05) is 5.02 Å². The summed E-state index contributed by atoms with van der Waals surface area (Å²) in [6.45, 7) is 0.270. The van der Waals surface area contributed by atoms with Crippen LogP contribution in [-0.2, 0) is 11.3 Å². The van der Waals surface area contributed by atoms with Gasteiger partial charge in [-0.2, -0.15) is 0 Å². The summed E-state index contributed by atoms with van der Waals surface area (Å²) in [7, 11) is 1.51. The third-order valence-electron chi connectivity index (χ3n) is 4.03. The van der Waals surface area contributed by atoms with Gasteiger partial charge in [0.05, 0.1) is 13.7 Å². The number of methoxy groups -OCH3 is 1. The molecule has 3 amide bonds. The van der Waals surface area contributed by atoms with Crippen molar-refractivity contribution in [1.82, 2.24) is 10.2 Å². The smallest absolute Gasteiger partial charge is 0.329 e. The molecule has 0 spiro atoms. The molecule has 0 saturated carbocycles. The van der Waals surface area contributed by atoms with Gasteiger partial charge in [0.1, 0.15) is 12.3 Å². The molecule has 0 radical (unpaired) electrons. The van der Waals surface area contributed by atoms with E-state index in [2.05, 4.69) is 11.2 Å². The topological polar surface area (TPSA) is 67.9 Å². The molecule has 7 heteroatoms. The van der Waals surface area contributed by atoms with E-state index in [0.29, 0.717) is 22.1 Å². The lowest BCUT2D eigenvalue weighted by Crippen LogP contribution is -2.30. The number of imide groups is 1. The number of urea groups is 1. The number of amides is 3. The normalized spacial score (nSPS) is 14.8. The Morgan fingerprint density at radius 3 is 2.61 bits per heavy atom. The Labute approximate surface area is 167 Å². The van der Waals surface area contributed by atoms with Gasteiger partial charge < -0.3 is 14.8 Å². The van der Waals surface area contributed by atoms with E-state index in [1.54, 1.807) is 48.5 Å². The lowest BCUT2D eigenvalue weighted by molar-refractivity contribution is -0.123. The summed E-state index contributed by atoms with van der Waals surface area (Å²) < 4.78 is 10.7. The van der Waals surface area contributed by atoms with Crippen LogP contribution in [0.4, 0.5) is 4.79 Å². The number of nitrogens with zero attached hydrogens (tertiary/aromatic N) is 1. The summed E-state index contributed by atoms with van der Waals surface area (Å²) in [6, 6.07) is 11.6. The maximum atomic E-state index is 12.6. The van der Waals surface area contributed by atoms with Crippen LogP contribution in [0.2, 0.25) is 5.02 Å². The van der Waals surface area contributed by atoms with E-state index in [1.807, 2.05) is 0 Å². The molecule has 6 nitrogen and oxygen atoms in total. The van der Waals surface area contributed by atoms with Gasteiger partial charge in [-0.15, -0.1) is 6.42 Å². The van der Waals surface area contributed by atoms with Gasteiger partial charge >= 0.3 is 6.03 Å². The predicted molar refractivity (Wildman–Crippen MR) is 106 cm³/mol. The molecule has 1 aliphatic rings. The first-order chi connectivity index (χ1) is 13.5. The molecule has 142 valence electrons. The van der Waals surface area contributed by atoms with E-state index >= 15 is 0 Å². The fourth-order valence-electron chi connectivity index (χ4n) is 2.67. The third-order valence-corrected chi connectivity index (χ3v) is 4.28. The van der Waals surface area contributed by atoms with Crippen LogP contribution in [0.5, 0.6) is 11.5 Å². The van der Waals surface area contributed by atoms with Gasteiger partial charge in [0.15, 0.2) is 11.5 Å². The molecule has 1 N–H and O–H groups in total. The van der Waals surface area contributed by atoms with Crippen molar-refractivity contribution in [2.75, 3.05) is 13.7 Å². The quantitative estimate of drug-likeness (QED) is 0.461. The number of rotatable bonds is 6. The summed E-state index contributed by atoms with van der Waals surface area (Å²) in [5, 5.41) is 3.18. The molecule has 0 unspecified atom stereocenters. The first-order valence-electron chi connectivity index (χ1n) is 8.35. The van der Waals surface area contributed by atoms with Crippen LogP contribution >= 0.6 is 11.6 Å². The fraction of sp³-hybridized carbons (Fsp3) is 0.143. The minimum absolute atomic E-state index is 0.116. The van der Waals surface area contributed by atoms with Crippen molar-refractivity contribution in [3.63, 3.8) is 0 Å². The van der Waals surface area contributed by atoms with Gasteiger partial charge in [-0.3, -0.25) is 9.69 Å². The van der Waals surface area contributed by atoms with Crippen LogP contribution in [0.15, 0.2) is 48.2 Å². The first-order valence-corrected chi connectivity index (χ1v) is 8.73. The van der Waals surface area contributed by atoms with Crippen LogP contribution in [-0.4, -0.2) is 30.6 Å². The van der Waals surface area contributed by atoms with Crippen molar-refractivity contribution in [3.05, 3.63) is 64.3 Å². The molecule has 0 aromatic heterocycles. The van der Waals surface area contributed by atoms with Gasteiger partial charge in [0.2, 0.25) is 0 Å². The third kappa shape index (κ3) is 4.27. The number of benzene rings is 2. The highest BCUT2D eigenvalue weighted by atomic mass is 35.5. The summed E-state index contributed by atoms with van der Waals surface area (Å²) in [5.74, 6) is 2.94. The van der Waals surface area contributed by atoms with E-state index in [4.69, 9.17) is 27.5 Å². The Morgan fingerprint density at radius 2 is 1.93 bits per heavy atom. The van der Waals surface area contributed by atoms with Gasteiger partial charge in [0.25, 0.3) is 5.91 Å². The van der Waals surface area contributed by atoms with E-state index < -0.39 is 11.9 Å². The van der Waals surface area contributed by atoms with Crippen LogP contribution < -0.4 is 14.8 Å². The summed E-state index contributed by atoms with van der Waals surface area (Å²) >= 11 is 5.87. The molecule has 1 aliphatic heterocycles. The molecular weight excluding hydrogens is 380 g/mol. The Bertz CT molecular complexity index is 977. The molecule has 0 bridgehead atoms. The minimum atomic E-state index is -0.480. The van der Waals surface area contributed by atoms with Crippen molar-refractivity contribution in [2.45, 2.75) is 6.54 Å². The maximum Gasteiger partial charge on any atom is 0.329 e. The zero-order valence-corrected chi connectivity index (χ0v) is 15.8. The Balaban J connectivity index is 1.79.